The van der Waals surface area contributed by atoms with Crippen molar-refractivity contribution in [3.8, 4) is 0 Å². The van der Waals surface area contributed by atoms with Gasteiger partial charge in [-0.05, 0) is 24.3 Å². The third-order valence-electron chi connectivity index (χ3n) is 3.25. The predicted octanol–water partition coefficient (Wildman–Crippen LogP) is 3.45. The van der Waals surface area contributed by atoms with Crippen LogP contribution < -0.4 is 5.32 Å². The molecule has 24 heavy (non-hydrogen) atoms. The average Bonchev–Trinajstić information content (AvgIpc) is 2.51. The van der Waals surface area contributed by atoms with E-state index in [9.17, 15) is 31.9 Å². The number of halogens is 5. The molecule has 0 aliphatic carbocycles. The summed E-state index contributed by atoms with van der Waals surface area (Å²) in [6.07, 6.45) is -6.36. The molecular formula is C16H12F5NO2. The van der Waals surface area contributed by atoms with Crippen LogP contribution >= 0.6 is 0 Å². The van der Waals surface area contributed by atoms with Crippen LogP contribution in [0.2, 0.25) is 0 Å². The van der Waals surface area contributed by atoms with Crippen molar-refractivity contribution in [2.24, 2.45) is 0 Å². The van der Waals surface area contributed by atoms with Gasteiger partial charge in [-0.25, -0.2) is 8.78 Å². The van der Waals surface area contributed by atoms with Gasteiger partial charge >= 0.3 is 6.18 Å². The van der Waals surface area contributed by atoms with Crippen LogP contribution in [0, 0.1) is 11.6 Å². The highest BCUT2D eigenvalue weighted by Gasteiger charge is 2.35. The van der Waals surface area contributed by atoms with Crippen molar-refractivity contribution < 1.29 is 31.9 Å². The van der Waals surface area contributed by atoms with E-state index in [2.05, 4.69) is 5.32 Å². The topological polar surface area (TPSA) is 49.3 Å². The number of carbonyl (C=O) groups excluding carboxylic acids is 1. The quantitative estimate of drug-likeness (QED) is 0.834. The minimum absolute atomic E-state index is 0.104. The highest BCUT2D eigenvalue weighted by atomic mass is 19.4. The molecule has 0 radical (unpaired) electrons. The first-order valence-electron chi connectivity index (χ1n) is 6.77. The number of benzene rings is 2. The van der Waals surface area contributed by atoms with E-state index in [1.54, 1.807) is 0 Å². The van der Waals surface area contributed by atoms with E-state index in [1.165, 1.54) is 18.2 Å². The molecule has 0 fully saturated rings. The number of aliphatic hydroxyl groups excluding tert-OH is 1. The standard InChI is InChI=1S/C16H12F5NO2/c17-9-5-6-10(12(7-9)16(19,20)21)15(24)22-8-14(23)11-3-1-2-4-13(11)18/h1-7,14,23H,8H2,(H,22,24). The van der Waals surface area contributed by atoms with Gasteiger partial charge in [0.25, 0.3) is 5.91 Å². The first kappa shape index (κ1) is 17.9. The Labute approximate surface area is 133 Å². The number of hydrogen-bond acceptors (Lipinski definition) is 2. The van der Waals surface area contributed by atoms with Gasteiger partial charge in [0.1, 0.15) is 11.6 Å². The lowest BCUT2D eigenvalue weighted by Gasteiger charge is -2.15. The fourth-order valence-electron chi connectivity index (χ4n) is 2.09. The van der Waals surface area contributed by atoms with E-state index < -0.39 is 47.5 Å². The van der Waals surface area contributed by atoms with Crippen LogP contribution in [-0.4, -0.2) is 17.6 Å². The number of nitrogens with one attached hydrogen (secondary N) is 1. The minimum atomic E-state index is -4.92. The van der Waals surface area contributed by atoms with Crippen LogP contribution in [0.4, 0.5) is 22.0 Å². The summed E-state index contributed by atoms with van der Waals surface area (Å²) in [6.45, 7) is -0.506. The van der Waals surface area contributed by atoms with Crippen LogP contribution in [0.25, 0.3) is 0 Å². The Kier molecular flexibility index (Phi) is 5.18. The van der Waals surface area contributed by atoms with Crippen LogP contribution in [0.3, 0.4) is 0 Å². The molecule has 2 aromatic carbocycles. The largest absolute Gasteiger partial charge is 0.417 e. The molecule has 0 aliphatic rings. The van der Waals surface area contributed by atoms with Crippen molar-refractivity contribution in [1.29, 1.82) is 0 Å². The van der Waals surface area contributed by atoms with Gasteiger partial charge in [0.15, 0.2) is 0 Å². The van der Waals surface area contributed by atoms with E-state index in [-0.39, 0.29) is 11.6 Å². The van der Waals surface area contributed by atoms with Crippen molar-refractivity contribution in [3.05, 3.63) is 70.8 Å². The summed E-state index contributed by atoms with van der Waals surface area (Å²) in [7, 11) is 0. The average molecular weight is 345 g/mol. The number of aliphatic hydroxyl groups is 1. The minimum Gasteiger partial charge on any atom is -0.386 e. The van der Waals surface area contributed by atoms with Crippen LogP contribution in [-0.2, 0) is 6.18 Å². The van der Waals surface area contributed by atoms with Crippen LogP contribution in [0.15, 0.2) is 42.5 Å². The number of amides is 1. The molecule has 2 rings (SSSR count). The summed E-state index contributed by atoms with van der Waals surface area (Å²) in [5.41, 5.74) is -2.32. The van der Waals surface area contributed by atoms with Gasteiger partial charge in [-0.3, -0.25) is 4.79 Å². The van der Waals surface area contributed by atoms with E-state index >= 15 is 0 Å². The maximum atomic E-state index is 13.5. The zero-order chi connectivity index (χ0) is 17.9. The first-order chi connectivity index (χ1) is 11.2. The Morgan fingerprint density at radius 3 is 2.42 bits per heavy atom. The van der Waals surface area contributed by atoms with Crippen molar-refractivity contribution in [3.63, 3.8) is 0 Å². The molecule has 1 atom stereocenters. The van der Waals surface area contributed by atoms with Gasteiger partial charge in [-0.15, -0.1) is 0 Å². The molecule has 2 aromatic rings. The molecule has 1 amide bonds. The first-order valence-corrected chi connectivity index (χ1v) is 6.77. The molecule has 0 saturated heterocycles. The molecule has 0 bridgehead atoms. The number of carbonyl (C=O) groups is 1. The lowest BCUT2D eigenvalue weighted by molar-refractivity contribution is -0.138. The SMILES string of the molecule is O=C(NCC(O)c1ccccc1F)c1ccc(F)cc1C(F)(F)F. The molecule has 1 unspecified atom stereocenters. The third-order valence-corrected chi connectivity index (χ3v) is 3.25. The van der Waals surface area contributed by atoms with Crippen LogP contribution in [0.5, 0.6) is 0 Å². The van der Waals surface area contributed by atoms with E-state index in [0.717, 1.165) is 12.1 Å². The van der Waals surface area contributed by atoms with Gasteiger partial charge in [0, 0.05) is 12.1 Å². The smallest absolute Gasteiger partial charge is 0.386 e. The summed E-state index contributed by atoms with van der Waals surface area (Å²) in [4.78, 5) is 11.9. The van der Waals surface area contributed by atoms with Crippen molar-refractivity contribution in [1.82, 2.24) is 5.32 Å². The molecule has 0 aliphatic heterocycles. The van der Waals surface area contributed by atoms with E-state index in [1.807, 2.05) is 0 Å². The molecule has 8 heteroatoms. The Morgan fingerprint density at radius 1 is 1.12 bits per heavy atom. The van der Waals surface area contributed by atoms with Crippen LogP contribution in [0.1, 0.15) is 27.6 Å². The van der Waals surface area contributed by atoms with E-state index in [0.29, 0.717) is 6.07 Å². The number of hydrogen-bond donors (Lipinski definition) is 2. The fraction of sp³-hybridized carbons (Fsp3) is 0.188. The summed E-state index contributed by atoms with van der Waals surface area (Å²) in [5.74, 6) is -3.00. The molecule has 128 valence electrons. The lowest BCUT2D eigenvalue weighted by atomic mass is 10.1. The van der Waals surface area contributed by atoms with Crippen molar-refractivity contribution in [2.45, 2.75) is 12.3 Å². The zero-order valence-corrected chi connectivity index (χ0v) is 12.1. The highest BCUT2D eigenvalue weighted by Crippen LogP contribution is 2.32. The molecule has 2 N–H and O–H groups in total. The summed E-state index contributed by atoms with van der Waals surface area (Å²) < 4.78 is 65.1. The second-order valence-corrected chi connectivity index (χ2v) is 4.94. The summed E-state index contributed by atoms with van der Waals surface area (Å²) in [5, 5.41) is 11.9. The fourth-order valence-corrected chi connectivity index (χ4v) is 2.09. The Hall–Kier alpha value is -2.48. The zero-order valence-electron chi connectivity index (χ0n) is 12.1. The lowest BCUT2D eigenvalue weighted by Crippen LogP contribution is -2.30. The van der Waals surface area contributed by atoms with Crippen molar-refractivity contribution >= 4 is 5.91 Å². The highest BCUT2D eigenvalue weighted by molar-refractivity contribution is 5.95. The van der Waals surface area contributed by atoms with Gasteiger partial charge in [0.05, 0.1) is 17.2 Å². The number of rotatable bonds is 4. The van der Waals surface area contributed by atoms with E-state index in [4.69, 9.17) is 0 Å². The molecule has 0 spiro atoms. The Morgan fingerprint density at radius 2 is 1.79 bits per heavy atom. The Bertz CT molecular complexity index is 745. The molecule has 0 saturated carbocycles. The number of alkyl halides is 3. The third kappa shape index (κ3) is 4.08. The second-order valence-electron chi connectivity index (χ2n) is 4.94. The molecular weight excluding hydrogens is 333 g/mol. The van der Waals surface area contributed by atoms with Gasteiger partial charge in [-0.2, -0.15) is 13.2 Å². The maximum absolute atomic E-state index is 13.5. The van der Waals surface area contributed by atoms with Gasteiger partial charge in [-0.1, -0.05) is 18.2 Å². The van der Waals surface area contributed by atoms with Gasteiger partial charge < -0.3 is 10.4 Å². The molecule has 0 heterocycles. The normalized spacial score (nSPS) is 12.8. The maximum Gasteiger partial charge on any atom is 0.417 e. The van der Waals surface area contributed by atoms with Gasteiger partial charge in [0.2, 0.25) is 0 Å². The summed E-state index contributed by atoms with van der Waals surface area (Å²) in [6, 6.07) is 6.87. The monoisotopic (exact) mass is 345 g/mol. The predicted molar refractivity (Wildman–Crippen MR) is 75.1 cm³/mol. The molecule has 0 aromatic heterocycles. The molecule has 3 nitrogen and oxygen atoms in total. The van der Waals surface area contributed by atoms with Crippen molar-refractivity contribution in [2.75, 3.05) is 6.54 Å². The second kappa shape index (κ2) is 6.96. The Balaban J connectivity index is 2.15. The summed E-state index contributed by atoms with van der Waals surface area (Å²) >= 11 is 0.